The number of thiocarbonyl (C=S) groups is 1. The van der Waals surface area contributed by atoms with Gasteiger partial charge in [-0.3, -0.25) is 0 Å². The molecule has 0 saturated carbocycles. The summed E-state index contributed by atoms with van der Waals surface area (Å²) in [7, 11) is 0. The summed E-state index contributed by atoms with van der Waals surface area (Å²) in [4.78, 5) is 0. The number of unbranched alkanes of at least 4 members (excludes halogenated alkanes) is 1. The third-order valence-corrected chi connectivity index (χ3v) is 3.04. The Morgan fingerprint density at radius 1 is 1.24 bits per heavy atom. The highest BCUT2D eigenvalue weighted by atomic mass is 32.1. The number of nitrogens with one attached hydrogen (secondary N) is 2. The second kappa shape index (κ2) is 8.07. The number of hydrogen-bond acceptors (Lipinski definition) is 1. The highest BCUT2D eigenvalue weighted by Gasteiger charge is 2.04. The van der Waals surface area contributed by atoms with E-state index in [0.717, 1.165) is 24.6 Å². The molecule has 1 rings (SSSR count). The summed E-state index contributed by atoms with van der Waals surface area (Å²) in [6.45, 7) is 6.22. The fraction of sp³-hybridized carbons (Fsp3) is 0.500. The van der Waals surface area contributed by atoms with Gasteiger partial charge in [0.05, 0.1) is 0 Å². The van der Waals surface area contributed by atoms with Crippen molar-refractivity contribution in [2.24, 2.45) is 0 Å². The van der Waals surface area contributed by atoms with Gasteiger partial charge >= 0.3 is 0 Å². The van der Waals surface area contributed by atoms with E-state index < -0.39 is 0 Å². The lowest BCUT2D eigenvalue weighted by molar-refractivity contribution is 0.694. The minimum absolute atomic E-state index is 0.474. The van der Waals surface area contributed by atoms with Crippen molar-refractivity contribution in [3.05, 3.63) is 35.9 Å². The average molecular weight is 250 g/mol. The molecule has 0 saturated heterocycles. The predicted octanol–water partition coefficient (Wildman–Crippen LogP) is 3.05. The lowest BCUT2D eigenvalue weighted by atomic mass is 10.0. The van der Waals surface area contributed by atoms with Crippen LogP contribution < -0.4 is 10.6 Å². The Morgan fingerprint density at radius 2 is 1.94 bits per heavy atom. The molecule has 0 aliphatic heterocycles. The van der Waals surface area contributed by atoms with Gasteiger partial charge in [0, 0.05) is 13.1 Å². The molecule has 94 valence electrons. The Labute approximate surface area is 110 Å². The first-order valence-corrected chi connectivity index (χ1v) is 6.71. The van der Waals surface area contributed by atoms with E-state index in [9.17, 15) is 0 Å². The fourth-order valence-corrected chi connectivity index (χ4v) is 1.77. The molecule has 0 spiro atoms. The van der Waals surface area contributed by atoms with Gasteiger partial charge in [0.25, 0.3) is 0 Å². The Balaban J connectivity index is 2.24. The molecule has 0 amide bonds. The van der Waals surface area contributed by atoms with Crippen LogP contribution in [-0.4, -0.2) is 18.2 Å². The molecule has 0 aliphatic carbocycles. The Hall–Kier alpha value is -1.09. The highest BCUT2D eigenvalue weighted by Crippen LogP contribution is 2.12. The lowest BCUT2D eigenvalue weighted by Crippen LogP contribution is -2.37. The molecule has 0 bridgehead atoms. The first kappa shape index (κ1) is 14.0. The van der Waals surface area contributed by atoms with Gasteiger partial charge in [-0.05, 0) is 30.1 Å². The Kier molecular flexibility index (Phi) is 6.63. The van der Waals surface area contributed by atoms with Gasteiger partial charge in [-0.1, -0.05) is 50.6 Å². The number of rotatable bonds is 6. The van der Waals surface area contributed by atoms with Crippen molar-refractivity contribution >= 4 is 17.3 Å². The summed E-state index contributed by atoms with van der Waals surface area (Å²) in [5.41, 5.74) is 1.34. The molecule has 17 heavy (non-hydrogen) atoms. The van der Waals surface area contributed by atoms with E-state index in [1.165, 1.54) is 12.0 Å². The van der Waals surface area contributed by atoms with Crippen LogP contribution in [0.1, 0.15) is 38.2 Å². The van der Waals surface area contributed by atoms with Crippen molar-refractivity contribution in [3.8, 4) is 0 Å². The minimum atomic E-state index is 0.474. The van der Waals surface area contributed by atoms with E-state index in [1.807, 2.05) is 6.07 Å². The lowest BCUT2D eigenvalue weighted by Gasteiger charge is -2.15. The van der Waals surface area contributed by atoms with Gasteiger partial charge in [-0.2, -0.15) is 0 Å². The summed E-state index contributed by atoms with van der Waals surface area (Å²) in [6, 6.07) is 10.5. The van der Waals surface area contributed by atoms with Gasteiger partial charge in [-0.25, -0.2) is 0 Å². The molecule has 1 aromatic rings. The van der Waals surface area contributed by atoms with Crippen LogP contribution in [0.25, 0.3) is 0 Å². The second-order valence-corrected chi connectivity index (χ2v) is 4.71. The molecule has 0 heterocycles. The first-order valence-electron chi connectivity index (χ1n) is 6.30. The summed E-state index contributed by atoms with van der Waals surface area (Å²) in [6.07, 6.45) is 2.35. The van der Waals surface area contributed by atoms with Crippen LogP contribution in [-0.2, 0) is 0 Å². The summed E-state index contributed by atoms with van der Waals surface area (Å²) in [5, 5.41) is 7.24. The topological polar surface area (TPSA) is 24.1 Å². The molecule has 0 aliphatic rings. The quantitative estimate of drug-likeness (QED) is 0.599. The smallest absolute Gasteiger partial charge is 0.166 e. The second-order valence-electron chi connectivity index (χ2n) is 4.30. The van der Waals surface area contributed by atoms with Crippen molar-refractivity contribution in [3.63, 3.8) is 0 Å². The average Bonchev–Trinajstić information content (AvgIpc) is 2.37. The molecular formula is C14H22N2S. The molecule has 2 N–H and O–H groups in total. The zero-order valence-electron chi connectivity index (χ0n) is 10.7. The first-order chi connectivity index (χ1) is 8.24. The third kappa shape index (κ3) is 5.68. The van der Waals surface area contributed by atoms with Crippen molar-refractivity contribution in [2.75, 3.05) is 13.1 Å². The van der Waals surface area contributed by atoms with E-state index in [-0.39, 0.29) is 0 Å². The molecule has 1 unspecified atom stereocenters. The van der Waals surface area contributed by atoms with Gasteiger partial charge in [0.15, 0.2) is 5.11 Å². The van der Waals surface area contributed by atoms with Gasteiger partial charge in [0.2, 0.25) is 0 Å². The summed E-state index contributed by atoms with van der Waals surface area (Å²) < 4.78 is 0. The minimum Gasteiger partial charge on any atom is -0.363 e. The standard InChI is InChI=1S/C14H22N2S/c1-3-4-10-15-14(17)16-11-12(2)13-8-6-5-7-9-13/h5-9,12H,3-4,10-11H2,1-2H3,(H2,15,16,17). The molecule has 0 fully saturated rings. The molecule has 0 radical (unpaired) electrons. The molecule has 0 aromatic heterocycles. The van der Waals surface area contributed by atoms with E-state index in [2.05, 4.69) is 48.7 Å². The van der Waals surface area contributed by atoms with E-state index in [4.69, 9.17) is 12.2 Å². The summed E-state index contributed by atoms with van der Waals surface area (Å²) in [5.74, 6) is 0.474. The van der Waals surface area contributed by atoms with Crippen molar-refractivity contribution in [1.82, 2.24) is 10.6 Å². The predicted molar refractivity (Wildman–Crippen MR) is 78.4 cm³/mol. The maximum absolute atomic E-state index is 5.21. The van der Waals surface area contributed by atoms with Crippen LogP contribution in [0.4, 0.5) is 0 Å². The highest BCUT2D eigenvalue weighted by molar-refractivity contribution is 7.80. The van der Waals surface area contributed by atoms with Crippen LogP contribution in [0.2, 0.25) is 0 Å². The number of benzene rings is 1. The van der Waals surface area contributed by atoms with Crippen molar-refractivity contribution in [2.45, 2.75) is 32.6 Å². The normalized spacial score (nSPS) is 11.9. The van der Waals surface area contributed by atoms with Crippen LogP contribution in [0.3, 0.4) is 0 Å². The molecule has 1 atom stereocenters. The van der Waals surface area contributed by atoms with Crippen LogP contribution >= 0.6 is 12.2 Å². The monoisotopic (exact) mass is 250 g/mol. The largest absolute Gasteiger partial charge is 0.363 e. The van der Waals surface area contributed by atoms with Gasteiger partial charge in [-0.15, -0.1) is 0 Å². The maximum atomic E-state index is 5.21. The SMILES string of the molecule is CCCCNC(=S)NCC(C)c1ccccc1. The Bertz CT molecular complexity index is 324. The maximum Gasteiger partial charge on any atom is 0.166 e. The van der Waals surface area contributed by atoms with Crippen LogP contribution in [0.5, 0.6) is 0 Å². The van der Waals surface area contributed by atoms with Crippen molar-refractivity contribution < 1.29 is 0 Å². The van der Waals surface area contributed by atoms with E-state index >= 15 is 0 Å². The van der Waals surface area contributed by atoms with Gasteiger partial charge < -0.3 is 10.6 Å². The van der Waals surface area contributed by atoms with Crippen LogP contribution in [0, 0.1) is 0 Å². The molecule has 1 aromatic carbocycles. The van der Waals surface area contributed by atoms with Gasteiger partial charge in [0.1, 0.15) is 0 Å². The van der Waals surface area contributed by atoms with Crippen molar-refractivity contribution in [1.29, 1.82) is 0 Å². The fourth-order valence-electron chi connectivity index (χ4n) is 1.59. The third-order valence-electron chi connectivity index (χ3n) is 2.75. The molecular weight excluding hydrogens is 228 g/mol. The van der Waals surface area contributed by atoms with E-state index in [1.54, 1.807) is 0 Å². The molecule has 2 nitrogen and oxygen atoms in total. The molecule has 3 heteroatoms. The van der Waals surface area contributed by atoms with Crippen LogP contribution in [0.15, 0.2) is 30.3 Å². The number of hydrogen-bond donors (Lipinski definition) is 2. The zero-order chi connectivity index (χ0) is 12.5. The Morgan fingerprint density at radius 3 is 2.59 bits per heavy atom. The zero-order valence-corrected chi connectivity index (χ0v) is 11.5. The van der Waals surface area contributed by atoms with E-state index in [0.29, 0.717) is 5.92 Å². The summed E-state index contributed by atoms with van der Waals surface area (Å²) >= 11 is 5.21.